The fourth-order valence-electron chi connectivity index (χ4n) is 3.74. The van der Waals surface area contributed by atoms with Crippen molar-refractivity contribution in [2.45, 2.75) is 52.2 Å². The van der Waals surface area contributed by atoms with E-state index in [1.165, 1.54) is 0 Å². The molecule has 2 aromatic rings. The van der Waals surface area contributed by atoms with Gasteiger partial charge in [-0.15, -0.1) is 0 Å². The maximum atomic E-state index is 5.96. The van der Waals surface area contributed by atoms with Crippen molar-refractivity contribution in [3.05, 3.63) is 54.1 Å². The number of benzene rings is 2. The molecule has 2 N–H and O–H groups in total. The third-order valence-electron chi connectivity index (χ3n) is 5.58. The quantitative estimate of drug-likeness (QED) is 0.485. The lowest BCUT2D eigenvalue weighted by atomic mass is 10.0. The third-order valence-corrected chi connectivity index (χ3v) is 5.58. The summed E-state index contributed by atoms with van der Waals surface area (Å²) in [5.74, 6) is 3.09. The van der Waals surface area contributed by atoms with Crippen molar-refractivity contribution in [2.24, 2.45) is 4.99 Å². The van der Waals surface area contributed by atoms with E-state index in [9.17, 15) is 0 Å². The molecule has 0 saturated carbocycles. The topological polar surface area (TPSA) is 58.1 Å². The first-order chi connectivity index (χ1) is 15.1. The highest BCUT2D eigenvalue weighted by Crippen LogP contribution is 2.30. The van der Waals surface area contributed by atoms with E-state index in [-0.39, 0.29) is 0 Å². The van der Waals surface area contributed by atoms with Crippen molar-refractivity contribution in [1.29, 1.82) is 0 Å². The van der Waals surface area contributed by atoms with Gasteiger partial charge in [-0.25, -0.2) is 4.99 Å². The van der Waals surface area contributed by atoms with E-state index in [4.69, 9.17) is 14.5 Å². The smallest absolute Gasteiger partial charge is 0.191 e. The molecule has 0 atom stereocenters. The minimum Gasteiger partial charge on any atom is -0.493 e. The molecule has 0 bridgehead atoms. The summed E-state index contributed by atoms with van der Waals surface area (Å²) < 4.78 is 11.3. The normalized spacial score (nSPS) is 15.7. The third kappa shape index (κ3) is 6.89. The molecule has 0 unspecified atom stereocenters. The van der Waals surface area contributed by atoms with Gasteiger partial charge in [-0.2, -0.15) is 0 Å². The SMILES string of the molecule is CCNC(=NCc1ccc(Oc2ccccc2OC)cc1)NC1CCN(C(C)C)CC1. The fourth-order valence-corrected chi connectivity index (χ4v) is 3.74. The van der Waals surface area contributed by atoms with Gasteiger partial charge >= 0.3 is 0 Å². The molecule has 0 aliphatic carbocycles. The molecule has 2 aromatic carbocycles. The van der Waals surface area contributed by atoms with Crippen molar-refractivity contribution < 1.29 is 9.47 Å². The Bertz CT molecular complexity index is 828. The molecule has 1 fully saturated rings. The predicted molar refractivity (Wildman–Crippen MR) is 127 cm³/mol. The van der Waals surface area contributed by atoms with Gasteiger partial charge < -0.3 is 25.0 Å². The number of nitrogens with one attached hydrogen (secondary N) is 2. The van der Waals surface area contributed by atoms with Crippen LogP contribution < -0.4 is 20.1 Å². The number of ether oxygens (including phenoxy) is 2. The maximum absolute atomic E-state index is 5.96. The van der Waals surface area contributed by atoms with E-state index < -0.39 is 0 Å². The molecule has 0 amide bonds. The molecule has 3 rings (SSSR count). The first kappa shape index (κ1) is 22.9. The second kappa shape index (κ2) is 11.6. The van der Waals surface area contributed by atoms with Gasteiger partial charge in [0.25, 0.3) is 0 Å². The highest BCUT2D eigenvalue weighted by molar-refractivity contribution is 5.80. The Morgan fingerprint density at radius 3 is 2.35 bits per heavy atom. The number of methoxy groups -OCH3 is 1. The molecule has 168 valence electrons. The van der Waals surface area contributed by atoms with Crippen LogP contribution in [-0.2, 0) is 6.54 Å². The van der Waals surface area contributed by atoms with E-state index in [1.807, 2.05) is 36.4 Å². The molecule has 6 nitrogen and oxygen atoms in total. The number of hydrogen-bond donors (Lipinski definition) is 2. The van der Waals surface area contributed by atoms with E-state index in [2.05, 4.69) is 48.4 Å². The zero-order valence-corrected chi connectivity index (χ0v) is 19.2. The molecule has 31 heavy (non-hydrogen) atoms. The van der Waals surface area contributed by atoms with Crippen LogP contribution in [0.1, 0.15) is 39.2 Å². The van der Waals surface area contributed by atoms with E-state index in [1.54, 1.807) is 7.11 Å². The van der Waals surface area contributed by atoms with Gasteiger partial charge in [-0.1, -0.05) is 24.3 Å². The summed E-state index contributed by atoms with van der Waals surface area (Å²) in [6.45, 7) is 10.4. The fraction of sp³-hybridized carbons (Fsp3) is 0.480. The molecule has 1 saturated heterocycles. The second-order valence-electron chi connectivity index (χ2n) is 8.14. The lowest BCUT2D eigenvalue weighted by Crippen LogP contribution is -2.49. The number of piperidine rings is 1. The first-order valence-corrected chi connectivity index (χ1v) is 11.3. The summed E-state index contributed by atoms with van der Waals surface area (Å²) >= 11 is 0. The zero-order chi connectivity index (χ0) is 22.1. The summed E-state index contributed by atoms with van der Waals surface area (Å²) in [5, 5.41) is 6.99. The van der Waals surface area contributed by atoms with Crippen LogP contribution in [0.2, 0.25) is 0 Å². The molecule has 1 aliphatic heterocycles. The monoisotopic (exact) mass is 424 g/mol. The van der Waals surface area contributed by atoms with Gasteiger partial charge in [-0.3, -0.25) is 0 Å². The van der Waals surface area contributed by atoms with Gasteiger partial charge in [0.1, 0.15) is 5.75 Å². The van der Waals surface area contributed by atoms with Crippen LogP contribution in [0.3, 0.4) is 0 Å². The van der Waals surface area contributed by atoms with Crippen molar-refractivity contribution >= 4 is 5.96 Å². The predicted octanol–water partition coefficient (Wildman–Crippen LogP) is 4.42. The van der Waals surface area contributed by atoms with Crippen molar-refractivity contribution in [3.8, 4) is 17.2 Å². The van der Waals surface area contributed by atoms with Crippen LogP contribution in [0.4, 0.5) is 0 Å². The number of rotatable bonds is 8. The highest BCUT2D eigenvalue weighted by Gasteiger charge is 2.21. The molecule has 0 spiro atoms. The van der Waals surface area contributed by atoms with Gasteiger partial charge in [0.15, 0.2) is 17.5 Å². The average Bonchev–Trinajstić information content (AvgIpc) is 2.79. The molecule has 0 aromatic heterocycles. The molecular formula is C25H36N4O2. The maximum Gasteiger partial charge on any atom is 0.191 e. The molecule has 1 aliphatic rings. The number of likely N-dealkylation sites (tertiary alicyclic amines) is 1. The van der Waals surface area contributed by atoms with Crippen LogP contribution >= 0.6 is 0 Å². The molecule has 6 heteroatoms. The Kier molecular flexibility index (Phi) is 8.59. The second-order valence-corrected chi connectivity index (χ2v) is 8.14. The van der Waals surface area contributed by atoms with Crippen molar-refractivity contribution in [1.82, 2.24) is 15.5 Å². The van der Waals surface area contributed by atoms with Crippen LogP contribution in [0.25, 0.3) is 0 Å². The Balaban J connectivity index is 1.56. The summed E-state index contributed by atoms with van der Waals surface area (Å²) in [4.78, 5) is 7.33. The molecule has 1 heterocycles. The number of para-hydroxylation sites is 2. The van der Waals surface area contributed by atoms with E-state index in [0.29, 0.717) is 24.4 Å². The Morgan fingerprint density at radius 2 is 1.74 bits per heavy atom. The Morgan fingerprint density at radius 1 is 1.06 bits per heavy atom. The van der Waals surface area contributed by atoms with Gasteiger partial charge in [-0.05, 0) is 63.4 Å². The lowest BCUT2D eigenvalue weighted by Gasteiger charge is -2.35. The summed E-state index contributed by atoms with van der Waals surface area (Å²) in [6, 6.07) is 16.8. The minimum atomic E-state index is 0.476. The summed E-state index contributed by atoms with van der Waals surface area (Å²) in [7, 11) is 1.65. The first-order valence-electron chi connectivity index (χ1n) is 11.3. The van der Waals surface area contributed by atoms with Crippen LogP contribution in [0.15, 0.2) is 53.5 Å². The zero-order valence-electron chi connectivity index (χ0n) is 19.2. The van der Waals surface area contributed by atoms with Crippen LogP contribution in [-0.4, -0.2) is 49.7 Å². The van der Waals surface area contributed by atoms with Gasteiger partial charge in [0.2, 0.25) is 0 Å². The molecular weight excluding hydrogens is 388 g/mol. The van der Waals surface area contributed by atoms with E-state index >= 15 is 0 Å². The molecule has 0 radical (unpaired) electrons. The number of hydrogen-bond acceptors (Lipinski definition) is 4. The van der Waals surface area contributed by atoms with Gasteiger partial charge in [0, 0.05) is 31.7 Å². The van der Waals surface area contributed by atoms with Crippen LogP contribution in [0.5, 0.6) is 17.2 Å². The minimum absolute atomic E-state index is 0.476. The van der Waals surface area contributed by atoms with E-state index in [0.717, 1.165) is 55.5 Å². The lowest BCUT2D eigenvalue weighted by molar-refractivity contribution is 0.167. The Hall–Kier alpha value is -2.73. The standard InChI is InChI=1S/C25H36N4O2/c1-5-26-25(28-21-14-16-29(17-15-21)19(2)3)27-18-20-10-12-22(13-11-20)31-24-9-7-6-8-23(24)30-4/h6-13,19,21H,5,14-18H2,1-4H3,(H2,26,27,28). The number of guanidine groups is 1. The number of nitrogens with zero attached hydrogens (tertiary/aromatic N) is 2. The average molecular weight is 425 g/mol. The summed E-state index contributed by atoms with van der Waals surface area (Å²) in [6.07, 6.45) is 2.30. The number of aliphatic imine (C=N–C) groups is 1. The largest absolute Gasteiger partial charge is 0.493 e. The Labute approximate surface area is 186 Å². The van der Waals surface area contributed by atoms with Crippen molar-refractivity contribution in [3.63, 3.8) is 0 Å². The highest BCUT2D eigenvalue weighted by atomic mass is 16.5. The summed E-state index contributed by atoms with van der Waals surface area (Å²) in [5.41, 5.74) is 1.14. The van der Waals surface area contributed by atoms with Gasteiger partial charge in [0.05, 0.1) is 13.7 Å². The van der Waals surface area contributed by atoms with Crippen molar-refractivity contribution in [2.75, 3.05) is 26.7 Å². The van der Waals surface area contributed by atoms with Crippen LogP contribution in [0, 0.1) is 0 Å².